The van der Waals surface area contributed by atoms with Crippen LogP contribution in [0.5, 0.6) is 0 Å². The summed E-state index contributed by atoms with van der Waals surface area (Å²) in [5, 5.41) is 2.25. The van der Waals surface area contributed by atoms with Gasteiger partial charge in [0.05, 0.1) is 26.2 Å². The second-order valence-corrected chi connectivity index (χ2v) is 4.83. The topological polar surface area (TPSA) is 81.7 Å². The molecule has 0 aliphatic carbocycles. The van der Waals surface area contributed by atoms with E-state index in [9.17, 15) is 23.2 Å². The number of hydrogen-bond acceptors (Lipinski definition) is 5. The number of halogens is 2. The molecule has 0 bridgehead atoms. The second kappa shape index (κ2) is 8.21. The van der Waals surface area contributed by atoms with Gasteiger partial charge in [0.15, 0.2) is 11.6 Å². The summed E-state index contributed by atoms with van der Waals surface area (Å²) in [6.45, 7) is 1.51. The minimum absolute atomic E-state index is 0.165. The zero-order valence-electron chi connectivity index (χ0n) is 12.9. The van der Waals surface area contributed by atoms with Crippen LogP contribution in [0.25, 0.3) is 0 Å². The summed E-state index contributed by atoms with van der Waals surface area (Å²) < 4.78 is 35.9. The highest BCUT2D eigenvalue weighted by Crippen LogP contribution is 2.15. The summed E-state index contributed by atoms with van der Waals surface area (Å²) >= 11 is 0. The van der Waals surface area contributed by atoms with Gasteiger partial charge in [0.2, 0.25) is 0 Å². The maximum atomic E-state index is 13.6. The van der Waals surface area contributed by atoms with E-state index in [1.165, 1.54) is 20.1 Å². The van der Waals surface area contributed by atoms with Crippen LogP contribution in [0, 0.1) is 17.6 Å². The minimum Gasteiger partial charge on any atom is -0.469 e. The van der Waals surface area contributed by atoms with E-state index in [4.69, 9.17) is 0 Å². The van der Waals surface area contributed by atoms with E-state index >= 15 is 0 Å². The molecule has 0 saturated heterocycles. The molecule has 0 fully saturated rings. The van der Waals surface area contributed by atoms with Crippen molar-refractivity contribution in [2.45, 2.75) is 19.4 Å². The van der Waals surface area contributed by atoms with E-state index in [0.717, 1.165) is 19.2 Å². The third-order valence-electron chi connectivity index (χ3n) is 3.22. The van der Waals surface area contributed by atoms with Crippen molar-refractivity contribution in [2.75, 3.05) is 14.2 Å². The van der Waals surface area contributed by atoms with Crippen molar-refractivity contribution in [2.24, 2.45) is 5.92 Å². The number of benzene rings is 1. The van der Waals surface area contributed by atoms with Gasteiger partial charge in [0.1, 0.15) is 6.04 Å². The molecule has 0 saturated carbocycles. The Hall–Kier alpha value is -2.51. The van der Waals surface area contributed by atoms with E-state index in [1.54, 1.807) is 0 Å². The Morgan fingerprint density at radius 3 is 2.39 bits per heavy atom. The molecule has 1 N–H and O–H groups in total. The lowest BCUT2D eigenvalue weighted by molar-refractivity contribution is -0.146. The number of carbonyl (C=O) groups is 3. The Labute approximate surface area is 131 Å². The van der Waals surface area contributed by atoms with Crippen LogP contribution in [0.15, 0.2) is 18.2 Å². The third-order valence-corrected chi connectivity index (χ3v) is 3.22. The quantitative estimate of drug-likeness (QED) is 0.799. The smallest absolute Gasteiger partial charge is 0.328 e. The van der Waals surface area contributed by atoms with Crippen LogP contribution in [0.4, 0.5) is 8.78 Å². The Bertz CT molecular complexity index is 606. The summed E-state index contributed by atoms with van der Waals surface area (Å²) in [4.78, 5) is 35.1. The standard InChI is InChI=1S/C15H17F2NO5/c1-8(7-11(19)22-2)13(15(21)23-3)18-14(20)9-5-4-6-10(16)12(9)17/h4-6,8,13H,7H2,1-3H3,(H,18,20)/t8-,13-/m0/s1. The van der Waals surface area contributed by atoms with E-state index < -0.39 is 47.0 Å². The third kappa shape index (κ3) is 4.73. The number of ether oxygens (including phenoxy) is 2. The average molecular weight is 329 g/mol. The normalized spacial score (nSPS) is 12.9. The molecule has 0 heterocycles. The maximum Gasteiger partial charge on any atom is 0.328 e. The van der Waals surface area contributed by atoms with Gasteiger partial charge in [-0.2, -0.15) is 0 Å². The fourth-order valence-corrected chi connectivity index (χ4v) is 1.92. The van der Waals surface area contributed by atoms with Gasteiger partial charge < -0.3 is 14.8 Å². The first-order chi connectivity index (χ1) is 10.8. The molecule has 6 nitrogen and oxygen atoms in total. The number of amides is 1. The van der Waals surface area contributed by atoms with Gasteiger partial charge in [-0.1, -0.05) is 13.0 Å². The molecule has 23 heavy (non-hydrogen) atoms. The van der Waals surface area contributed by atoms with Crippen molar-refractivity contribution in [3.8, 4) is 0 Å². The van der Waals surface area contributed by atoms with Crippen LogP contribution in [-0.2, 0) is 19.1 Å². The molecule has 0 radical (unpaired) electrons. The molecule has 8 heteroatoms. The maximum absolute atomic E-state index is 13.6. The Balaban J connectivity index is 2.97. The Kier molecular flexibility index (Phi) is 6.62. The van der Waals surface area contributed by atoms with Gasteiger partial charge in [-0.15, -0.1) is 0 Å². The Morgan fingerprint density at radius 2 is 1.83 bits per heavy atom. The summed E-state index contributed by atoms with van der Waals surface area (Å²) in [5.74, 6) is -5.57. The number of rotatable bonds is 6. The van der Waals surface area contributed by atoms with Crippen LogP contribution in [0.2, 0.25) is 0 Å². The van der Waals surface area contributed by atoms with Gasteiger partial charge in [0, 0.05) is 0 Å². The van der Waals surface area contributed by atoms with Crippen LogP contribution in [0.3, 0.4) is 0 Å². The van der Waals surface area contributed by atoms with Crippen LogP contribution in [0.1, 0.15) is 23.7 Å². The summed E-state index contributed by atoms with van der Waals surface area (Å²) in [7, 11) is 2.29. The lowest BCUT2D eigenvalue weighted by Gasteiger charge is -2.22. The number of hydrogen-bond donors (Lipinski definition) is 1. The van der Waals surface area contributed by atoms with Gasteiger partial charge in [-0.05, 0) is 18.1 Å². The first kappa shape index (κ1) is 18.5. The molecule has 0 aliphatic rings. The molecule has 1 amide bonds. The van der Waals surface area contributed by atoms with Crippen LogP contribution in [-0.4, -0.2) is 38.1 Å². The molecule has 1 aromatic rings. The van der Waals surface area contributed by atoms with Crippen molar-refractivity contribution in [1.29, 1.82) is 0 Å². The molecular weight excluding hydrogens is 312 g/mol. The molecule has 0 aliphatic heterocycles. The monoisotopic (exact) mass is 329 g/mol. The lowest BCUT2D eigenvalue weighted by Crippen LogP contribution is -2.46. The van der Waals surface area contributed by atoms with Gasteiger partial charge >= 0.3 is 11.9 Å². The molecule has 1 rings (SSSR count). The fourth-order valence-electron chi connectivity index (χ4n) is 1.92. The summed E-state index contributed by atoms with van der Waals surface area (Å²) in [6, 6.07) is 1.89. The minimum atomic E-state index is -1.32. The zero-order chi connectivity index (χ0) is 17.6. The number of carbonyl (C=O) groups excluding carboxylic acids is 3. The van der Waals surface area contributed by atoms with E-state index in [0.29, 0.717) is 0 Å². The first-order valence-corrected chi connectivity index (χ1v) is 6.71. The van der Waals surface area contributed by atoms with Gasteiger partial charge in [-0.25, -0.2) is 13.6 Å². The van der Waals surface area contributed by atoms with Crippen molar-refractivity contribution in [3.05, 3.63) is 35.4 Å². The number of methoxy groups -OCH3 is 2. The molecule has 2 atom stereocenters. The van der Waals surface area contributed by atoms with Crippen LogP contribution < -0.4 is 5.32 Å². The van der Waals surface area contributed by atoms with Crippen molar-refractivity contribution < 1.29 is 32.6 Å². The van der Waals surface area contributed by atoms with Gasteiger partial charge in [-0.3, -0.25) is 9.59 Å². The fraction of sp³-hybridized carbons (Fsp3) is 0.400. The molecule has 126 valence electrons. The van der Waals surface area contributed by atoms with Crippen LogP contribution >= 0.6 is 0 Å². The Morgan fingerprint density at radius 1 is 1.17 bits per heavy atom. The highest BCUT2D eigenvalue weighted by molar-refractivity contribution is 5.97. The molecule has 0 unspecified atom stereocenters. The largest absolute Gasteiger partial charge is 0.469 e. The van der Waals surface area contributed by atoms with Crippen molar-refractivity contribution in [3.63, 3.8) is 0 Å². The lowest BCUT2D eigenvalue weighted by atomic mass is 9.97. The highest BCUT2D eigenvalue weighted by Gasteiger charge is 2.30. The first-order valence-electron chi connectivity index (χ1n) is 6.71. The highest BCUT2D eigenvalue weighted by atomic mass is 19.2. The molecular formula is C15H17F2NO5. The second-order valence-electron chi connectivity index (χ2n) is 4.83. The van der Waals surface area contributed by atoms with Crippen molar-refractivity contribution >= 4 is 17.8 Å². The van der Waals surface area contributed by atoms with E-state index in [2.05, 4.69) is 14.8 Å². The number of nitrogens with one attached hydrogen (secondary N) is 1. The van der Waals surface area contributed by atoms with E-state index in [-0.39, 0.29) is 6.42 Å². The van der Waals surface area contributed by atoms with Crippen molar-refractivity contribution in [1.82, 2.24) is 5.32 Å². The molecule has 1 aromatic carbocycles. The molecule has 0 aromatic heterocycles. The SMILES string of the molecule is COC(=O)C[C@H](C)[C@H](NC(=O)c1cccc(F)c1F)C(=O)OC. The van der Waals surface area contributed by atoms with Gasteiger partial charge in [0.25, 0.3) is 5.91 Å². The predicted octanol–water partition coefficient (Wildman–Crippen LogP) is 1.44. The molecule has 0 spiro atoms. The predicted molar refractivity (Wildman–Crippen MR) is 75.4 cm³/mol. The number of esters is 2. The summed E-state index contributed by atoms with van der Waals surface area (Å²) in [6.07, 6.45) is -0.165. The van der Waals surface area contributed by atoms with E-state index in [1.807, 2.05) is 0 Å². The zero-order valence-corrected chi connectivity index (χ0v) is 12.9. The summed E-state index contributed by atoms with van der Waals surface area (Å²) in [5.41, 5.74) is -0.552. The average Bonchev–Trinajstić information content (AvgIpc) is 2.53.